The second-order valence-corrected chi connectivity index (χ2v) is 5.84. The summed E-state index contributed by atoms with van der Waals surface area (Å²) in [5, 5.41) is 10.1. The lowest BCUT2D eigenvalue weighted by molar-refractivity contribution is 0.0678. The minimum absolute atomic E-state index is 0.0901. The zero-order valence-corrected chi connectivity index (χ0v) is 15.7. The van der Waals surface area contributed by atoms with Crippen LogP contribution >= 0.6 is 0 Å². The van der Waals surface area contributed by atoms with E-state index in [4.69, 9.17) is 18.9 Å². The highest BCUT2D eigenvalue weighted by Crippen LogP contribution is 2.37. The molecule has 0 aromatic heterocycles. The van der Waals surface area contributed by atoms with Gasteiger partial charge in [0.15, 0.2) is 11.5 Å². The van der Waals surface area contributed by atoms with E-state index in [2.05, 4.69) is 0 Å². The second kappa shape index (κ2) is 8.79. The third-order valence-corrected chi connectivity index (χ3v) is 4.01. The Balaban J connectivity index is 1.80. The summed E-state index contributed by atoms with van der Waals surface area (Å²) in [5.41, 5.74) is 0.503. The number of ether oxygens (including phenoxy) is 4. The predicted octanol–water partition coefficient (Wildman–Crippen LogP) is 3.85. The van der Waals surface area contributed by atoms with Gasteiger partial charge in [-0.15, -0.1) is 0 Å². The molecule has 0 radical (unpaired) electrons. The number of carbonyl (C=O) groups excluding carboxylic acids is 2. The van der Waals surface area contributed by atoms with E-state index >= 15 is 0 Å². The summed E-state index contributed by atoms with van der Waals surface area (Å²) in [6.45, 7) is 0. The summed E-state index contributed by atoms with van der Waals surface area (Å²) in [6, 6.07) is 16.7. The minimum atomic E-state index is -0.726. The van der Waals surface area contributed by atoms with Crippen molar-refractivity contribution in [2.45, 2.75) is 0 Å². The van der Waals surface area contributed by atoms with Crippen LogP contribution in [0.2, 0.25) is 0 Å². The van der Waals surface area contributed by atoms with Crippen LogP contribution in [0.15, 0.2) is 66.7 Å². The molecule has 0 atom stereocenters. The van der Waals surface area contributed by atoms with Crippen LogP contribution in [-0.2, 0) is 0 Å². The van der Waals surface area contributed by atoms with Crippen molar-refractivity contribution in [1.82, 2.24) is 0 Å². The monoisotopic (exact) mass is 394 g/mol. The first-order valence-electron chi connectivity index (χ1n) is 8.56. The topological polar surface area (TPSA) is 91.3 Å². The van der Waals surface area contributed by atoms with Crippen LogP contribution in [0.5, 0.6) is 28.7 Å². The fourth-order valence-electron chi connectivity index (χ4n) is 2.45. The molecule has 0 bridgehead atoms. The number of phenols is 1. The molecule has 0 fully saturated rings. The third-order valence-electron chi connectivity index (χ3n) is 4.01. The molecule has 1 N–H and O–H groups in total. The predicted molar refractivity (Wildman–Crippen MR) is 104 cm³/mol. The maximum Gasteiger partial charge on any atom is 0.343 e. The Labute approximate surface area is 167 Å². The molecule has 0 saturated carbocycles. The molecule has 0 aliphatic rings. The number of hydrogen-bond donors (Lipinski definition) is 1. The van der Waals surface area contributed by atoms with Crippen molar-refractivity contribution in [3.63, 3.8) is 0 Å². The van der Waals surface area contributed by atoms with Crippen molar-refractivity contribution in [2.24, 2.45) is 0 Å². The quantitative estimate of drug-likeness (QED) is 0.502. The molecular weight excluding hydrogens is 376 g/mol. The lowest BCUT2D eigenvalue weighted by Crippen LogP contribution is -2.12. The lowest BCUT2D eigenvalue weighted by atomic mass is 10.2. The Morgan fingerprint density at radius 3 is 1.66 bits per heavy atom. The molecule has 0 aliphatic carbocycles. The highest BCUT2D eigenvalue weighted by molar-refractivity contribution is 5.93. The van der Waals surface area contributed by atoms with E-state index < -0.39 is 11.9 Å². The minimum Gasteiger partial charge on any atom is -0.504 e. The molecule has 0 amide bonds. The summed E-state index contributed by atoms with van der Waals surface area (Å²) in [6.07, 6.45) is 0. The van der Waals surface area contributed by atoms with Gasteiger partial charge in [0, 0.05) is 0 Å². The van der Waals surface area contributed by atoms with E-state index in [1.807, 2.05) is 0 Å². The van der Waals surface area contributed by atoms with Gasteiger partial charge in [-0.25, -0.2) is 9.59 Å². The summed E-state index contributed by atoms with van der Waals surface area (Å²) in [7, 11) is 3.03. The van der Waals surface area contributed by atoms with E-state index in [0.717, 1.165) is 0 Å². The number of esters is 2. The number of para-hydroxylation sites is 1. The maximum atomic E-state index is 12.4. The first-order chi connectivity index (χ1) is 14.0. The first-order valence-corrected chi connectivity index (χ1v) is 8.56. The average Bonchev–Trinajstić information content (AvgIpc) is 2.76. The van der Waals surface area contributed by atoms with Gasteiger partial charge in [0.05, 0.1) is 25.3 Å². The lowest BCUT2D eigenvalue weighted by Gasteiger charge is -2.12. The van der Waals surface area contributed by atoms with Crippen molar-refractivity contribution < 1.29 is 33.6 Å². The van der Waals surface area contributed by atoms with E-state index in [1.54, 1.807) is 24.3 Å². The van der Waals surface area contributed by atoms with E-state index in [0.29, 0.717) is 11.5 Å². The van der Waals surface area contributed by atoms with Gasteiger partial charge in [-0.3, -0.25) is 0 Å². The summed E-state index contributed by atoms with van der Waals surface area (Å²) < 4.78 is 20.7. The van der Waals surface area contributed by atoms with Gasteiger partial charge in [-0.1, -0.05) is 6.07 Å². The Bertz CT molecular complexity index is 1010. The van der Waals surface area contributed by atoms with Crippen molar-refractivity contribution in [3.05, 3.63) is 77.9 Å². The molecule has 0 unspecified atom stereocenters. The number of rotatable bonds is 6. The first kappa shape index (κ1) is 19.8. The zero-order chi connectivity index (χ0) is 20.8. The molecule has 3 aromatic rings. The molecule has 29 heavy (non-hydrogen) atoms. The number of phenolic OH excluding ortho intramolecular Hbond substituents is 1. The standard InChI is InChI=1S/C22H18O7/c1-26-16-10-6-14(7-11-16)21(24)28-19-5-3-4-18(23)20(19)29-22(25)15-8-12-17(27-2)13-9-15/h3-13,23H,1-2H3. The molecule has 0 heterocycles. The van der Waals surface area contributed by atoms with Crippen LogP contribution in [0, 0.1) is 0 Å². The molecule has 7 nitrogen and oxygen atoms in total. The van der Waals surface area contributed by atoms with Crippen molar-refractivity contribution >= 4 is 11.9 Å². The second-order valence-electron chi connectivity index (χ2n) is 5.84. The van der Waals surface area contributed by atoms with Crippen molar-refractivity contribution in [3.8, 4) is 28.7 Å². The van der Waals surface area contributed by atoms with Crippen LogP contribution in [0.1, 0.15) is 20.7 Å². The van der Waals surface area contributed by atoms with Crippen molar-refractivity contribution in [2.75, 3.05) is 14.2 Å². The summed E-state index contributed by atoms with van der Waals surface area (Å²) >= 11 is 0. The van der Waals surface area contributed by atoms with Gasteiger partial charge in [0.1, 0.15) is 11.5 Å². The van der Waals surface area contributed by atoms with E-state index in [9.17, 15) is 14.7 Å². The number of benzene rings is 3. The molecule has 0 aliphatic heterocycles. The molecule has 0 saturated heterocycles. The van der Waals surface area contributed by atoms with Gasteiger partial charge in [0.25, 0.3) is 0 Å². The Kier molecular flexibility index (Phi) is 5.99. The Morgan fingerprint density at radius 1 is 0.690 bits per heavy atom. The average molecular weight is 394 g/mol. The van der Waals surface area contributed by atoms with Gasteiger partial charge in [-0.05, 0) is 60.7 Å². The molecule has 3 rings (SSSR count). The van der Waals surface area contributed by atoms with Crippen molar-refractivity contribution in [1.29, 1.82) is 0 Å². The fourth-order valence-corrected chi connectivity index (χ4v) is 2.45. The normalized spacial score (nSPS) is 10.1. The van der Waals surface area contributed by atoms with Gasteiger partial charge in [-0.2, -0.15) is 0 Å². The smallest absolute Gasteiger partial charge is 0.343 e. The van der Waals surface area contributed by atoms with Crippen LogP contribution in [0.4, 0.5) is 0 Å². The fraction of sp³-hybridized carbons (Fsp3) is 0.0909. The molecule has 7 heteroatoms. The van der Waals surface area contributed by atoms with E-state index in [-0.39, 0.29) is 28.4 Å². The highest BCUT2D eigenvalue weighted by atomic mass is 16.6. The van der Waals surface area contributed by atoms with Crippen LogP contribution in [0.25, 0.3) is 0 Å². The Morgan fingerprint density at radius 2 is 1.17 bits per heavy atom. The third kappa shape index (κ3) is 4.65. The number of hydrogen-bond acceptors (Lipinski definition) is 7. The van der Waals surface area contributed by atoms with Gasteiger partial charge >= 0.3 is 11.9 Å². The van der Waals surface area contributed by atoms with Crippen LogP contribution < -0.4 is 18.9 Å². The van der Waals surface area contributed by atoms with Crippen LogP contribution in [0.3, 0.4) is 0 Å². The zero-order valence-electron chi connectivity index (χ0n) is 15.7. The Hall–Kier alpha value is -4.00. The number of carbonyl (C=O) groups is 2. The molecular formula is C22H18O7. The SMILES string of the molecule is COc1ccc(C(=O)Oc2cccc(O)c2OC(=O)c2ccc(OC)cc2)cc1. The highest BCUT2D eigenvalue weighted by Gasteiger charge is 2.19. The van der Waals surface area contributed by atoms with E-state index in [1.165, 1.54) is 56.7 Å². The molecule has 3 aromatic carbocycles. The van der Waals surface area contributed by atoms with Gasteiger partial charge in [0.2, 0.25) is 5.75 Å². The number of methoxy groups -OCH3 is 2. The maximum absolute atomic E-state index is 12.4. The number of aromatic hydroxyl groups is 1. The molecule has 0 spiro atoms. The van der Waals surface area contributed by atoms with Crippen LogP contribution in [-0.4, -0.2) is 31.3 Å². The summed E-state index contributed by atoms with van der Waals surface area (Å²) in [5.74, 6) is -0.920. The van der Waals surface area contributed by atoms with Gasteiger partial charge < -0.3 is 24.1 Å². The summed E-state index contributed by atoms with van der Waals surface area (Å²) in [4.78, 5) is 24.8. The largest absolute Gasteiger partial charge is 0.504 e. The molecule has 148 valence electrons.